The van der Waals surface area contributed by atoms with Crippen molar-refractivity contribution in [1.82, 2.24) is 10.0 Å². The number of rotatable bonds is 5. The lowest BCUT2D eigenvalue weighted by Crippen LogP contribution is -2.47. The van der Waals surface area contributed by atoms with Gasteiger partial charge in [0.1, 0.15) is 4.90 Å². The van der Waals surface area contributed by atoms with Crippen LogP contribution in [0.2, 0.25) is 0 Å². The summed E-state index contributed by atoms with van der Waals surface area (Å²) in [5.41, 5.74) is 0.586. The molecule has 3 N–H and O–H groups in total. The number of para-hydroxylation sites is 1. The topological polar surface area (TPSA) is 87.3 Å². The molecule has 20 heavy (non-hydrogen) atoms. The van der Waals surface area contributed by atoms with Gasteiger partial charge in [-0.1, -0.05) is 12.1 Å². The molecule has 6 nitrogen and oxygen atoms in total. The van der Waals surface area contributed by atoms with Crippen LogP contribution in [0.1, 0.15) is 19.8 Å². The summed E-state index contributed by atoms with van der Waals surface area (Å²) >= 11 is 0. The van der Waals surface area contributed by atoms with E-state index in [4.69, 9.17) is 0 Å². The molecule has 7 heteroatoms. The molecule has 2 rings (SSSR count). The number of carbonyl (C=O) groups is 1. The maximum atomic E-state index is 12.4. The first-order valence-electron chi connectivity index (χ1n) is 6.65. The van der Waals surface area contributed by atoms with Crippen LogP contribution in [0.25, 0.3) is 0 Å². The monoisotopic (exact) mass is 297 g/mol. The minimum atomic E-state index is -3.59. The Morgan fingerprint density at radius 3 is 2.75 bits per heavy atom. The zero-order chi connectivity index (χ0) is 14.6. The maximum Gasteiger partial charge on any atom is 0.242 e. The number of nitrogens with one attached hydrogen (secondary N) is 3. The van der Waals surface area contributed by atoms with Crippen molar-refractivity contribution in [2.24, 2.45) is 0 Å². The second kappa shape index (κ2) is 6.23. The molecule has 0 bridgehead atoms. The number of anilines is 1. The van der Waals surface area contributed by atoms with E-state index < -0.39 is 10.0 Å². The third kappa shape index (κ3) is 3.49. The number of carbonyl (C=O) groups excluding carboxylic acids is 1. The van der Waals surface area contributed by atoms with E-state index in [1.165, 1.54) is 0 Å². The van der Waals surface area contributed by atoms with Gasteiger partial charge in [-0.3, -0.25) is 4.79 Å². The van der Waals surface area contributed by atoms with Gasteiger partial charge in [0.15, 0.2) is 0 Å². The summed E-state index contributed by atoms with van der Waals surface area (Å²) in [4.78, 5) is 11.3. The Hall–Kier alpha value is -1.60. The van der Waals surface area contributed by atoms with Crippen molar-refractivity contribution in [1.29, 1.82) is 0 Å². The van der Waals surface area contributed by atoms with Crippen molar-refractivity contribution >= 4 is 21.6 Å². The molecule has 1 aromatic rings. The number of hydrogen-bond donors (Lipinski definition) is 3. The van der Waals surface area contributed by atoms with Crippen molar-refractivity contribution in [3.63, 3.8) is 0 Å². The van der Waals surface area contributed by atoms with Crippen LogP contribution in [-0.4, -0.2) is 33.5 Å². The van der Waals surface area contributed by atoms with Gasteiger partial charge in [0.2, 0.25) is 15.9 Å². The van der Waals surface area contributed by atoms with E-state index >= 15 is 0 Å². The SMILES string of the molecule is CCNc1ccccc1S(=O)(=O)NC1CCC(=O)NC1. The van der Waals surface area contributed by atoms with Crippen LogP contribution in [0.4, 0.5) is 5.69 Å². The molecule has 1 fully saturated rings. The summed E-state index contributed by atoms with van der Waals surface area (Å²) in [7, 11) is -3.59. The van der Waals surface area contributed by atoms with E-state index in [-0.39, 0.29) is 16.8 Å². The van der Waals surface area contributed by atoms with Crippen molar-refractivity contribution in [2.45, 2.75) is 30.7 Å². The molecule has 1 atom stereocenters. The summed E-state index contributed by atoms with van der Waals surface area (Å²) in [6.07, 6.45) is 0.872. The van der Waals surface area contributed by atoms with E-state index in [9.17, 15) is 13.2 Å². The van der Waals surface area contributed by atoms with Gasteiger partial charge in [0.25, 0.3) is 0 Å². The summed E-state index contributed by atoms with van der Waals surface area (Å²) in [6, 6.07) is 6.53. The molecular weight excluding hydrogens is 278 g/mol. The molecule has 0 aliphatic carbocycles. The van der Waals surface area contributed by atoms with E-state index in [1.54, 1.807) is 24.3 Å². The van der Waals surface area contributed by atoms with Crippen molar-refractivity contribution in [2.75, 3.05) is 18.4 Å². The number of amides is 1. The van der Waals surface area contributed by atoms with Crippen LogP contribution in [0, 0.1) is 0 Å². The first-order valence-corrected chi connectivity index (χ1v) is 8.13. The van der Waals surface area contributed by atoms with Gasteiger partial charge in [0.05, 0.1) is 5.69 Å². The van der Waals surface area contributed by atoms with E-state index in [2.05, 4.69) is 15.4 Å². The van der Waals surface area contributed by atoms with E-state index in [0.29, 0.717) is 31.6 Å². The fourth-order valence-corrected chi connectivity index (χ4v) is 3.61. The first-order chi connectivity index (χ1) is 9.53. The Bertz CT molecular complexity index is 576. The van der Waals surface area contributed by atoms with Crippen molar-refractivity contribution in [3.05, 3.63) is 24.3 Å². The van der Waals surface area contributed by atoms with Gasteiger partial charge in [-0.25, -0.2) is 13.1 Å². The number of piperidine rings is 1. The average molecular weight is 297 g/mol. The van der Waals surface area contributed by atoms with Crippen LogP contribution in [0.5, 0.6) is 0 Å². The lowest BCUT2D eigenvalue weighted by molar-refractivity contribution is -0.122. The standard InChI is InChI=1S/C13H19N3O3S/c1-2-14-11-5-3-4-6-12(11)20(18,19)16-10-7-8-13(17)15-9-10/h3-6,10,14,16H,2,7-9H2,1H3,(H,15,17). The minimum absolute atomic E-state index is 0.0338. The van der Waals surface area contributed by atoms with Gasteiger partial charge < -0.3 is 10.6 Å². The van der Waals surface area contributed by atoms with E-state index in [0.717, 1.165) is 0 Å². The molecule has 1 aliphatic rings. The Kier molecular flexibility index (Phi) is 4.61. The highest BCUT2D eigenvalue weighted by molar-refractivity contribution is 7.89. The zero-order valence-corrected chi connectivity index (χ0v) is 12.2. The van der Waals surface area contributed by atoms with Crippen LogP contribution in [0.3, 0.4) is 0 Å². The number of hydrogen-bond acceptors (Lipinski definition) is 4. The first kappa shape index (κ1) is 14.8. The third-order valence-corrected chi connectivity index (χ3v) is 4.71. The highest BCUT2D eigenvalue weighted by Gasteiger charge is 2.25. The van der Waals surface area contributed by atoms with Gasteiger partial charge >= 0.3 is 0 Å². The Morgan fingerprint density at radius 2 is 2.10 bits per heavy atom. The minimum Gasteiger partial charge on any atom is -0.384 e. The maximum absolute atomic E-state index is 12.4. The number of benzene rings is 1. The van der Waals surface area contributed by atoms with E-state index in [1.807, 2.05) is 6.92 Å². The Labute approximate surface area is 119 Å². The van der Waals surface area contributed by atoms with Gasteiger partial charge in [0, 0.05) is 25.6 Å². The van der Waals surface area contributed by atoms with Crippen LogP contribution < -0.4 is 15.4 Å². The molecule has 1 saturated heterocycles. The fourth-order valence-electron chi connectivity index (χ4n) is 2.15. The summed E-state index contributed by atoms with van der Waals surface area (Å²) < 4.78 is 27.5. The van der Waals surface area contributed by atoms with Gasteiger partial charge in [-0.2, -0.15) is 0 Å². The molecule has 1 aliphatic heterocycles. The van der Waals surface area contributed by atoms with Crippen molar-refractivity contribution < 1.29 is 13.2 Å². The highest BCUT2D eigenvalue weighted by atomic mass is 32.2. The van der Waals surface area contributed by atoms with Gasteiger partial charge in [-0.15, -0.1) is 0 Å². The molecule has 1 unspecified atom stereocenters. The fraction of sp³-hybridized carbons (Fsp3) is 0.462. The summed E-state index contributed by atoms with van der Waals surface area (Å²) in [5, 5.41) is 5.70. The summed E-state index contributed by atoms with van der Waals surface area (Å²) in [6.45, 7) is 2.89. The van der Waals surface area contributed by atoms with Gasteiger partial charge in [-0.05, 0) is 25.5 Å². The molecule has 0 spiro atoms. The molecular formula is C13H19N3O3S. The molecule has 110 valence electrons. The third-order valence-electron chi connectivity index (χ3n) is 3.13. The summed E-state index contributed by atoms with van der Waals surface area (Å²) in [5.74, 6) is -0.0338. The molecule has 0 aromatic heterocycles. The largest absolute Gasteiger partial charge is 0.384 e. The molecule has 1 aromatic carbocycles. The number of sulfonamides is 1. The Balaban J connectivity index is 2.16. The van der Waals surface area contributed by atoms with Crippen LogP contribution in [-0.2, 0) is 14.8 Å². The molecule has 0 radical (unpaired) electrons. The molecule has 1 amide bonds. The van der Waals surface area contributed by atoms with Crippen LogP contribution >= 0.6 is 0 Å². The smallest absolute Gasteiger partial charge is 0.242 e. The highest BCUT2D eigenvalue weighted by Crippen LogP contribution is 2.21. The Morgan fingerprint density at radius 1 is 1.35 bits per heavy atom. The predicted octanol–water partition coefficient (Wildman–Crippen LogP) is 0.675. The zero-order valence-electron chi connectivity index (χ0n) is 11.3. The van der Waals surface area contributed by atoms with Crippen LogP contribution in [0.15, 0.2) is 29.2 Å². The van der Waals surface area contributed by atoms with Crippen molar-refractivity contribution in [3.8, 4) is 0 Å². The molecule has 0 saturated carbocycles. The quantitative estimate of drug-likeness (QED) is 0.745. The lowest BCUT2D eigenvalue weighted by Gasteiger charge is -2.23. The average Bonchev–Trinajstić information content (AvgIpc) is 2.42. The second-order valence-electron chi connectivity index (χ2n) is 4.69. The second-order valence-corrected chi connectivity index (χ2v) is 6.37. The predicted molar refractivity (Wildman–Crippen MR) is 77.0 cm³/mol. The normalized spacial score (nSPS) is 19.4. The lowest BCUT2D eigenvalue weighted by atomic mass is 10.1. The molecule has 1 heterocycles.